The Morgan fingerprint density at radius 1 is 1.25 bits per heavy atom. The summed E-state index contributed by atoms with van der Waals surface area (Å²) in [5.74, 6) is 1.15. The van der Waals surface area contributed by atoms with Gasteiger partial charge in [0.25, 0.3) is 0 Å². The first-order valence-corrected chi connectivity index (χ1v) is 3.46. The number of phenols is 1. The van der Waals surface area contributed by atoms with Gasteiger partial charge in [-0.2, -0.15) is 0 Å². The normalized spacial score (nSPS) is 9.58. The highest BCUT2D eigenvalue weighted by atomic mass is 16.5. The van der Waals surface area contributed by atoms with E-state index in [0.29, 0.717) is 17.1 Å². The van der Waals surface area contributed by atoms with Crippen LogP contribution in [0.5, 0.6) is 17.2 Å². The zero-order valence-electron chi connectivity index (χ0n) is 7.13. The average Bonchev–Trinajstić information content (AvgIpc) is 2.09. The number of ether oxygens (including phenoxy) is 2. The molecule has 0 aliphatic rings. The standard InChI is InChI=1S/C9H11O3/c1-6-8(10)4-7(11-2)5-9(6)12-3/h4-5,10H,1H2,2-3H3. The summed E-state index contributed by atoms with van der Waals surface area (Å²) in [4.78, 5) is 0. The molecule has 0 aliphatic heterocycles. The highest BCUT2D eigenvalue weighted by molar-refractivity contribution is 5.51. The smallest absolute Gasteiger partial charge is 0.129 e. The van der Waals surface area contributed by atoms with Crippen molar-refractivity contribution in [1.29, 1.82) is 0 Å². The minimum Gasteiger partial charge on any atom is -0.507 e. The van der Waals surface area contributed by atoms with Crippen LogP contribution in [-0.2, 0) is 0 Å². The monoisotopic (exact) mass is 167 g/mol. The first-order chi connectivity index (χ1) is 5.69. The van der Waals surface area contributed by atoms with Gasteiger partial charge in [-0.3, -0.25) is 0 Å². The second-order valence-electron chi connectivity index (χ2n) is 2.33. The number of hydrogen-bond acceptors (Lipinski definition) is 3. The Morgan fingerprint density at radius 2 is 1.92 bits per heavy atom. The van der Waals surface area contributed by atoms with Crippen molar-refractivity contribution < 1.29 is 14.6 Å². The molecule has 0 saturated carbocycles. The molecule has 1 radical (unpaired) electrons. The molecular formula is C9H11O3. The molecule has 0 atom stereocenters. The Balaban J connectivity index is 3.19. The molecule has 65 valence electrons. The van der Waals surface area contributed by atoms with E-state index in [9.17, 15) is 5.11 Å². The van der Waals surface area contributed by atoms with Crippen molar-refractivity contribution in [2.45, 2.75) is 0 Å². The Bertz CT molecular complexity index is 281. The van der Waals surface area contributed by atoms with Gasteiger partial charge >= 0.3 is 0 Å². The summed E-state index contributed by atoms with van der Waals surface area (Å²) < 4.78 is 9.89. The molecule has 3 heteroatoms. The predicted octanol–water partition coefficient (Wildman–Crippen LogP) is 1.59. The first-order valence-electron chi connectivity index (χ1n) is 3.46. The maximum absolute atomic E-state index is 9.32. The Kier molecular flexibility index (Phi) is 2.43. The maximum Gasteiger partial charge on any atom is 0.129 e. The molecule has 0 heterocycles. The summed E-state index contributed by atoms with van der Waals surface area (Å²) in [6.45, 7) is 3.64. The van der Waals surface area contributed by atoms with Gasteiger partial charge in [-0.1, -0.05) is 0 Å². The molecule has 0 amide bonds. The van der Waals surface area contributed by atoms with Gasteiger partial charge in [0, 0.05) is 17.7 Å². The van der Waals surface area contributed by atoms with E-state index in [-0.39, 0.29) is 5.75 Å². The molecule has 0 saturated heterocycles. The molecular weight excluding hydrogens is 156 g/mol. The molecule has 1 rings (SSSR count). The van der Waals surface area contributed by atoms with Crippen molar-refractivity contribution in [3.05, 3.63) is 24.6 Å². The van der Waals surface area contributed by atoms with E-state index in [1.807, 2.05) is 0 Å². The van der Waals surface area contributed by atoms with E-state index in [4.69, 9.17) is 9.47 Å². The number of phenolic OH excluding ortho intramolecular Hbond substituents is 1. The van der Waals surface area contributed by atoms with Gasteiger partial charge in [0.05, 0.1) is 14.2 Å². The molecule has 0 aliphatic carbocycles. The highest BCUT2D eigenvalue weighted by Crippen LogP contribution is 2.31. The maximum atomic E-state index is 9.32. The van der Waals surface area contributed by atoms with Crippen molar-refractivity contribution in [2.24, 2.45) is 0 Å². The topological polar surface area (TPSA) is 38.7 Å². The summed E-state index contributed by atoms with van der Waals surface area (Å²) in [5, 5.41) is 9.32. The van der Waals surface area contributed by atoms with E-state index in [1.165, 1.54) is 20.3 Å². The molecule has 0 spiro atoms. The van der Waals surface area contributed by atoms with E-state index >= 15 is 0 Å². The number of benzene rings is 1. The fraction of sp³-hybridized carbons (Fsp3) is 0.222. The van der Waals surface area contributed by atoms with Crippen molar-refractivity contribution >= 4 is 0 Å². The molecule has 0 fully saturated rings. The van der Waals surface area contributed by atoms with Crippen LogP contribution in [0.3, 0.4) is 0 Å². The van der Waals surface area contributed by atoms with Crippen LogP contribution in [0.4, 0.5) is 0 Å². The van der Waals surface area contributed by atoms with E-state index in [1.54, 1.807) is 6.07 Å². The van der Waals surface area contributed by atoms with Crippen LogP contribution in [0.2, 0.25) is 0 Å². The van der Waals surface area contributed by atoms with Gasteiger partial charge < -0.3 is 14.6 Å². The van der Waals surface area contributed by atoms with E-state index in [2.05, 4.69) is 6.92 Å². The molecule has 1 aromatic rings. The molecule has 12 heavy (non-hydrogen) atoms. The van der Waals surface area contributed by atoms with E-state index < -0.39 is 0 Å². The van der Waals surface area contributed by atoms with Crippen LogP contribution in [0.25, 0.3) is 0 Å². The quantitative estimate of drug-likeness (QED) is 0.727. The second kappa shape index (κ2) is 3.34. The van der Waals surface area contributed by atoms with Crippen LogP contribution in [-0.4, -0.2) is 19.3 Å². The summed E-state index contributed by atoms with van der Waals surface area (Å²) in [7, 11) is 3.04. The fourth-order valence-corrected chi connectivity index (χ4v) is 0.906. The zero-order chi connectivity index (χ0) is 9.14. The third-order valence-corrected chi connectivity index (χ3v) is 1.61. The summed E-state index contributed by atoms with van der Waals surface area (Å²) in [6, 6.07) is 3.16. The molecule has 1 aromatic carbocycles. The lowest BCUT2D eigenvalue weighted by Gasteiger charge is -2.08. The predicted molar refractivity (Wildman–Crippen MR) is 45.7 cm³/mol. The highest BCUT2D eigenvalue weighted by Gasteiger charge is 2.06. The lowest BCUT2D eigenvalue weighted by atomic mass is 10.2. The van der Waals surface area contributed by atoms with Gasteiger partial charge in [-0.15, -0.1) is 0 Å². The summed E-state index contributed by atoms with van der Waals surface area (Å²) in [6.07, 6.45) is 0. The van der Waals surface area contributed by atoms with E-state index in [0.717, 1.165) is 0 Å². The summed E-state index contributed by atoms with van der Waals surface area (Å²) >= 11 is 0. The molecule has 3 nitrogen and oxygen atoms in total. The van der Waals surface area contributed by atoms with Gasteiger partial charge in [0.2, 0.25) is 0 Å². The van der Waals surface area contributed by atoms with Crippen LogP contribution >= 0.6 is 0 Å². The van der Waals surface area contributed by atoms with Crippen molar-refractivity contribution in [3.63, 3.8) is 0 Å². The lowest BCUT2D eigenvalue weighted by molar-refractivity contribution is 0.383. The third kappa shape index (κ3) is 1.44. The van der Waals surface area contributed by atoms with Crippen LogP contribution < -0.4 is 9.47 Å². The largest absolute Gasteiger partial charge is 0.507 e. The third-order valence-electron chi connectivity index (χ3n) is 1.61. The minimum absolute atomic E-state index is 0.0752. The molecule has 1 N–H and O–H groups in total. The lowest BCUT2D eigenvalue weighted by Crippen LogP contribution is -1.90. The Morgan fingerprint density at radius 3 is 2.42 bits per heavy atom. The number of hydrogen-bond donors (Lipinski definition) is 1. The molecule has 0 unspecified atom stereocenters. The SMILES string of the molecule is [CH2]c1c(O)cc(OC)cc1OC. The van der Waals surface area contributed by atoms with Gasteiger partial charge in [-0.05, 0) is 6.92 Å². The second-order valence-corrected chi connectivity index (χ2v) is 2.33. The van der Waals surface area contributed by atoms with Gasteiger partial charge in [0.15, 0.2) is 0 Å². The fourth-order valence-electron chi connectivity index (χ4n) is 0.906. The summed E-state index contributed by atoms with van der Waals surface area (Å²) in [5.41, 5.74) is 0.471. The van der Waals surface area contributed by atoms with Crippen molar-refractivity contribution in [3.8, 4) is 17.2 Å². The number of rotatable bonds is 2. The number of aromatic hydroxyl groups is 1. The van der Waals surface area contributed by atoms with Crippen molar-refractivity contribution in [1.82, 2.24) is 0 Å². The van der Waals surface area contributed by atoms with Crippen LogP contribution in [0.15, 0.2) is 12.1 Å². The zero-order valence-corrected chi connectivity index (χ0v) is 7.13. The van der Waals surface area contributed by atoms with Crippen LogP contribution in [0, 0.1) is 6.92 Å². The Hall–Kier alpha value is -1.38. The van der Waals surface area contributed by atoms with Crippen LogP contribution in [0.1, 0.15) is 5.56 Å². The molecule has 0 bridgehead atoms. The van der Waals surface area contributed by atoms with Gasteiger partial charge in [-0.25, -0.2) is 0 Å². The number of methoxy groups -OCH3 is 2. The minimum atomic E-state index is 0.0752. The first kappa shape index (κ1) is 8.71. The average molecular weight is 167 g/mol. The molecule has 0 aromatic heterocycles. The van der Waals surface area contributed by atoms with Crippen molar-refractivity contribution in [2.75, 3.05) is 14.2 Å². The van der Waals surface area contributed by atoms with Gasteiger partial charge in [0.1, 0.15) is 17.2 Å². The Labute approximate surface area is 71.5 Å².